The highest BCUT2D eigenvalue weighted by Gasteiger charge is 2.41. The zero-order valence-corrected chi connectivity index (χ0v) is 14.6. The lowest BCUT2D eigenvalue weighted by atomic mass is 9.80. The van der Waals surface area contributed by atoms with Crippen molar-refractivity contribution in [3.63, 3.8) is 0 Å². The molecule has 0 spiro atoms. The number of anilines is 1. The van der Waals surface area contributed by atoms with E-state index in [1.54, 1.807) is 6.08 Å². The van der Waals surface area contributed by atoms with E-state index in [-0.39, 0.29) is 22.1 Å². The summed E-state index contributed by atoms with van der Waals surface area (Å²) in [7, 11) is 2.05. The van der Waals surface area contributed by atoms with Crippen molar-refractivity contribution < 1.29 is 9.59 Å². The molecule has 1 saturated heterocycles. The Bertz CT molecular complexity index is 773. The van der Waals surface area contributed by atoms with Gasteiger partial charge in [0.2, 0.25) is 0 Å². The number of nitrogens with one attached hydrogen (secondary N) is 2. The molecule has 1 aromatic carbocycles. The van der Waals surface area contributed by atoms with E-state index >= 15 is 0 Å². The fourth-order valence-corrected chi connectivity index (χ4v) is 3.56. The Morgan fingerprint density at radius 3 is 2.42 bits per heavy atom. The number of rotatable bonds is 2. The van der Waals surface area contributed by atoms with Gasteiger partial charge in [0.05, 0.1) is 6.04 Å². The zero-order chi connectivity index (χ0) is 17.5. The van der Waals surface area contributed by atoms with Crippen LogP contribution >= 0.6 is 12.2 Å². The lowest BCUT2D eigenvalue weighted by Gasteiger charge is -2.29. The van der Waals surface area contributed by atoms with Gasteiger partial charge >= 0.3 is 0 Å². The van der Waals surface area contributed by atoms with Gasteiger partial charge in [-0.25, -0.2) is 0 Å². The molecule has 2 aliphatic rings. The zero-order valence-electron chi connectivity index (χ0n) is 13.8. The van der Waals surface area contributed by atoms with Crippen molar-refractivity contribution in [3.05, 3.63) is 53.6 Å². The van der Waals surface area contributed by atoms with Crippen LogP contribution in [-0.2, 0) is 15.0 Å². The number of carbonyl (C=O) groups is 2. The van der Waals surface area contributed by atoms with Crippen LogP contribution in [0, 0.1) is 0 Å². The normalized spacial score (nSPS) is 22.5. The van der Waals surface area contributed by atoms with Crippen molar-refractivity contribution in [1.29, 1.82) is 0 Å². The predicted molar refractivity (Wildman–Crippen MR) is 97.8 cm³/mol. The van der Waals surface area contributed by atoms with Crippen LogP contribution in [0.15, 0.2) is 48.1 Å². The molecule has 1 atom stereocenters. The first kappa shape index (κ1) is 16.4. The Hall–Kier alpha value is -2.47. The van der Waals surface area contributed by atoms with Gasteiger partial charge in [-0.05, 0) is 29.9 Å². The van der Waals surface area contributed by atoms with E-state index < -0.39 is 11.8 Å². The van der Waals surface area contributed by atoms with Crippen LogP contribution in [0.5, 0.6) is 0 Å². The molecule has 2 aliphatic heterocycles. The first-order valence-corrected chi connectivity index (χ1v) is 8.10. The van der Waals surface area contributed by atoms with Gasteiger partial charge in [0, 0.05) is 18.2 Å². The first-order valence-electron chi connectivity index (χ1n) is 7.70. The molecule has 2 amide bonds. The molecule has 0 bridgehead atoms. The summed E-state index contributed by atoms with van der Waals surface area (Å²) in [5.41, 5.74) is 2.46. The molecular weight excluding hydrogens is 322 g/mol. The number of likely N-dealkylation sites (N-methyl/N-ethyl adjacent to an activating group) is 1. The van der Waals surface area contributed by atoms with Gasteiger partial charge in [-0.3, -0.25) is 20.2 Å². The summed E-state index contributed by atoms with van der Waals surface area (Å²) >= 11 is 4.78. The Kier molecular flexibility index (Phi) is 4.01. The van der Waals surface area contributed by atoms with Gasteiger partial charge in [0.25, 0.3) is 11.8 Å². The highest BCUT2D eigenvalue weighted by molar-refractivity contribution is 7.80. The lowest BCUT2D eigenvalue weighted by Crippen LogP contribution is -2.51. The molecule has 1 aromatic rings. The van der Waals surface area contributed by atoms with Crippen LogP contribution < -0.4 is 15.5 Å². The minimum Gasteiger partial charge on any atom is -0.367 e. The second-order valence-corrected chi connectivity index (χ2v) is 6.91. The third-order valence-electron chi connectivity index (χ3n) is 4.63. The van der Waals surface area contributed by atoms with E-state index in [1.807, 2.05) is 25.3 Å². The molecule has 3 rings (SSSR count). The molecule has 1 fully saturated rings. The molecule has 0 aliphatic carbocycles. The Morgan fingerprint density at radius 1 is 1.17 bits per heavy atom. The molecule has 0 aromatic heterocycles. The van der Waals surface area contributed by atoms with Crippen molar-refractivity contribution in [1.82, 2.24) is 10.6 Å². The van der Waals surface area contributed by atoms with Gasteiger partial charge in [-0.2, -0.15) is 0 Å². The molecule has 0 saturated carbocycles. The Labute approximate surface area is 146 Å². The van der Waals surface area contributed by atoms with Crippen LogP contribution in [-0.4, -0.2) is 30.0 Å². The number of hydrogen-bond acceptors (Lipinski definition) is 4. The van der Waals surface area contributed by atoms with Gasteiger partial charge in [0.15, 0.2) is 5.11 Å². The van der Waals surface area contributed by atoms with E-state index in [2.05, 4.69) is 41.5 Å². The minimum absolute atomic E-state index is 0.0400. The van der Waals surface area contributed by atoms with Crippen molar-refractivity contribution >= 4 is 34.8 Å². The molecule has 6 heteroatoms. The largest absolute Gasteiger partial charge is 0.367 e. The molecule has 2 N–H and O–H groups in total. The Morgan fingerprint density at radius 2 is 1.79 bits per heavy atom. The number of fused-ring (bicyclic) bond motifs is 1. The molecule has 24 heavy (non-hydrogen) atoms. The summed E-state index contributed by atoms with van der Waals surface area (Å²) in [5, 5.41) is 4.89. The average Bonchev–Trinajstić information content (AvgIpc) is 2.70. The highest BCUT2D eigenvalue weighted by Crippen LogP contribution is 2.44. The maximum atomic E-state index is 11.8. The van der Waals surface area contributed by atoms with Crippen molar-refractivity contribution in [2.45, 2.75) is 25.3 Å². The maximum absolute atomic E-state index is 11.8. The predicted octanol–water partition coefficient (Wildman–Crippen LogP) is 1.80. The molecule has 2 heterocycles. The molecule has 5 nitrogen and oxygen atoms in total. The third-order valence-corrected chi connectivity index (χ3v) is 4.84. The smallest absolute Gasteiger partial charge is 0.263 e. The monoisotopic (exact) mass is 341 g/mol. The van der Waals surface area contributed by atoms with Crippen molar-refractivity contribution in [3.8, 4) is 0 Å². The summed E-state index contributed by atoms with van der Waals surface area (Å²) < 4.78 is 0. The van der Waals surface area contributed by atoms with Crippen LogP contribution in [0.25, 0.3) is 0 Å². The summed E-state index contributed by atoms with van der Waals surface area (Å²) in [6.07, 6.45) is 5.30. The van der Waals surface area contributed by atoms with Gasteiger partial charge in [0.1, 0.15) is 5.57 Å². The molecule has 124 valence electrons. The van der Waals surface area contributed by atoms with Crippen LogP contribution in [0.1, 0.15) is 19.4 Å². The number of amides is 2. The number of allylic oxidation sites excluding steroid dienone is 2. The topological polar surface area (TPSA) is 61.4 Å². The quantitative estimate of drug-likeness (QED) is 0.489. The number of para-hydroxylation sites is 1. The fraction of sp³-hybridized carbons (Fsp3) is 0.278. The third kappa shape index (κ3) is 2.63. The van der Waals surface area contributed by atoms with Crippen LogP contribution in [0.4, 0.5) is 5.69 Å². The van der Waals surface area contributed by atoms with Gasteiger partial charge in [-0.15, -0.1) is 0 Å². The fourth-order valence-electron chi connectivity index (χ4n) is 3.37. The van der Waals surface area contributed by atoms with E-state index in [4.69, 9.17) is 12.2 Å². The number of carbonyl (C=O) groups excluding carboxylic acids is 2. The van der Waals surface area contributed by atoms with E-state index in [0.29, 0.717) is 0 Å². The standard InChI is InChI=1S/C18H19N3O2S/c1-18(2)12-8-4-5-9-13(12)21(3)14(18)10-6-7-11-15(22)19-17(24)20-16(11)23/h4-10,14H,1-3H3,(H2,19,20,22,23,24)/b10-6+. The molecular formula is C18H19N3O2S. The molecule has 1 unspecified atom stereocenters. The van der Waals surface area contributed by atoms with Crippen LogP contribution in [0.3, 0.4) is 0 Å². The Balaban J connectivity index is 1.85. The molecule has 0 radical (unpaired) electrons. The maximum Gasteiger partial charge on any atom is 0.263 e. The lowest BCUT2D eigenvalue weighted by molar-refractivity contribution is -0.123. The highest BCUT2D eigenvalue weighted by atomic mass is 32.1. The summed E-state index contributed by atoms with van der Waals surface area (Å²) in [6, 6.07) is 8.44. The average molecular weight is 341 g/mol. The SMILES string of the molecule is CN1c2ccccc2C(C)(C)C1/C=C/C=C1C(=O)NC(=S)NC1=O. The second-order valence-electron chi connectivity index (χ2n) is 6.50. The number of benzene rings is 1. The summed E-state index contributed by atoms with van der Waals surface area (Å²) in [4.78, 5) is 25.9. The number of thiocarbonyl (C=S) groups is 1. The first-order chi connectivity index (χ1) is 11.3. The summed E-state index contributed by atoms with van der Waals surface area (Å²) in [5.74, 6) is -0.952. The van der Waals surface area contributed by atoms with Gasteiger partial charge < -0.3 is 4.90 Å². The van der Waals surface area contributed by atoms with E-state index in [1.165, 1.54) is 17.3 Å². The second kappa shape index (κ2) is 5.87. The van der Waals surface area contributed by atoms with Crippen molar-refractivity contribution in [2.24, 2.45) is 0 Å². The van der Waals surface area contributed by atoms with Crippen molar-refractivity contribution in [2.75, 3.05) is 11.9 Å². The minimum atomic E-state index is -0.476. The number of nitrogens with zero attached hydrogens (tertiary/aromatic N) is 1. The number of hydrogen-bond donors (Lipinski definition) is 2. The summed E-state index contributed by atoms with van der Waals surface area (Å²) in [6.45, 7) is 4.38. The van der Waals surface area contributed by atoms with E-state index in [0.717, 1.165) is 0 Å². The van der Waals surface area contributed by atoms with Crippen LogP contribution in [0.2, 0.25) is 0 Å². The van der Waals surface area contributed by atoms with Gasteiger partial charge in [-0.1, -0.05) is 44.2 Å². The van der Waals surface area contributed by atoms with E-state index in [9.17, 15) is 9.59 Å².